The molecule has 0 saturated carbocycles. The van der Waals surface area contributed by atoms with Gasteiger partial charge in [0.1, 0.15) is 5.76 Å². The molecule has 4 nitrogen and oxygen atoms in total. The minimum atomic E-state index is -0.00956. The van der Waals surface area contributed by atoms with Crippen molar-refractivity contribution in [3.05, 3.63) is 81.4 Å². The van der Waals surface area contributed by atoms with Gasteiger partial charge in [-0.2, -0.15) is 0 Å². The molecule has 0 bridgehead atoms. The van der Waals surface area contributed by atoms with Gasteiger partial charge in [-0.15, -0.1) is 11.3 Å². The summed E-state index contributed by atoms with van der Waals surface area (Å²) in [5, 5.41) is 4.42. The van der Waals surface area contributed by atoms with Crippen LogP contribution in [-0.4, -0.2) is 14.7 Å². The van der Waals surface area contributed by atoms with Crippen molar-refractivity contribution in [1.29, 1.82) is 0 Å². The van der Waals surface area contributed by atoms with Crippen molar-refractivity contribution in [1.82, 2.24) is 14.7 Å². The van der Waals surface area contributed by atoms with E-state index >= 15 is 0 Å². The zero-order valence-electron chi connectivity index (χ0n) is 24.3. The van der Waals surface area contributed by atoms with E-state index in [0.29, 0.717) is 0 Å². The van der Waals surface area contributed by atoms with Crippen LogP contribution in [0, 0.1) is 6.92 Å². The minimum absolute atomic E-state index is 0.00956. The molecule has 0 atom stereocenters. The average molecular weight is 518 g/mol. The van der Waals surface area contributed by atoms with Gasteiger partial charge in [0.15, 0.2) is 0 Å². The second-order valence-corrected chi connectivity index (χ2v) is 14.2. The molecule has 0 aliphatic rings. The Morgan fingerprint density at radius 1 is 0.919 bits per heavy atom. The van der Waals surface area contributed by atoms with E-state index < -0.39 is 0 Å². The fourth-order valence-corrected chi connectivity index (χ4v) is 6.62. The number of aryl methyl sites for hydroxylation is 2. The summed E-state index contributed by atoms with van der Waals surface area (Å²) in [4.78, 5) is 7.17. The molecule has 4 rings (SSSR count). The van der Waals surface area contributed by atoms with Gasteiger partial charge in [0.05, 0.1) is 16.3 Å². The summed E-state index contributed by atoms with van der Waals surface area (Å²) in [5.41, 5.74) is 7.66. The quantitative estimate of drug-likeness (QED) is 0.247. The first kappa shape index (κ1) is 27.4. The number of thiophene rings is 1. The molecule has 4 aromatic rings. The van der Waals surface area contributed by atoms with E-state index in [2.05, 4.69) is 115 Å². The van der Waals surface area contributed by atoms with Crippen molar-refractivity contribution in [2.45, 2.75) is 97.8 Å². The van der Waals surface area contributed by atoms with Gasteiger partial charge in [-0.05, 0) is 60.6 Å². The number of rotatable bonds is 7. The lowest BCUT2D eigenvalue weighted by atomic mass is 9.77. The Morgan fingerprint density at radius 3 is 2.24 bits per heavy atom. The smallest absolute Gasteiger partial charge is 0.140 e. The van der Waals surface area contributed by atoms with E-state index in [1.807, 2.05) is 23.6 Å². The Hall–Kier alpha value is -2.66. The van der Waals surface area contributed by atoms with Gasteiger partial charge >= 0.3 is 0 Å². The third kappa shape index (κ3) is 5.77. The van der Waals surface area contributed by atoms with E-state index in [0.717, 1.165) is 36.4 Å². The summed E-state index contributed by atoms with van der Waals surface area (Å²) in [7, 11) is 2.19. The van der Waals surface area contributed by atoms with Gasteiger partial charge in [-0.1, -0.05) is 66.6 Å². The molecule has 0 unspecified atom stereocenters. The van der Waals surface area contributed by atoms with E-state index in [4.69, 9.17) is 4.52 Å². The predicted molar refractivity (Wildman–Crippen MR) is 156 cm³/mol. The maximum Gasteiger partial charge on any atom is 0.140 e. The number of hydrogen-bond donors (Lipinski definition) is 0. The lowest BCUT2D eigenvalue weighted by molar-refractivity contribution is 0.363. The number of nitrogens with zero attached hydrogens (tertiary/aromatic N) is 3. The van der Waals surface area contributed by atoms with E-state index in [-0.39, 0.29) is 16.2 Å². The number of pyridine rings is 1. The van der Waals surface area contributed by atoms with Crippen LogP contribution in [0.3, 0.4) is 0 Å². The van der Waals surface area contributed by atoms with Gasteiger partial charge in [0.2, 0.25) is 0 Å². The van der Waals surface area contributed by atoms with Crippen molar-refractivity contribution in [3.63, 3.8) is 0 Å². The maximum atomic E-state index is 5.83. The Labute approximate surface area is 227 Å². The Kier molecular flexibility index (Phi) is 7.33. The van der Waals surface area contributed by atoms with Gasteiger partial charge in [-0.3, -0.25) is 4.98 Å². The highest BCUT2D eigenvalue weighted by Gasteiger charge is 2.31. The Balaban J connectivity index is 1.62. The van der Waals surface area contributed by atoms with Crippen LogP contribution in [0.2, 0.25) is 0 Å². The third-order valence-corrected chi connectivity index (χ3v) is 8.75. The van der Waals surface area contributed by atoms with Crippen LogP contribution in [0.1, 0.15) is 94.1 Å². The second kappa shape index (κ2) is 9.90. The SMILES string of the molecule is Cc1c(C(C)(C)C)noc1CCc1c(C(C)(C)C)c(CC(C)(C)c2ccc(-c3ccccn3)s2)cn1C. The standard InChI is InChI=1S/C32H43N3OS/c1-21-25(36-34-29(21)31(5,6)7)15-14-24-28(30(2,3)4)22(20-35(24)10)19-32(8,9)27-17-16-26(37-27)23-13-11-12-18-33-23/h11-13,16-18,20H,14-15,19H2,1-10H3. The summed E-state index contributed by atoms with van der Waals surface area (Å²) in [6.07, 6.45) is 7.01. The van der Waals surface area contributed by atoms with Crippen LogP contribution in [-0.2, 0) is 42.6 Å². The summed E-state index contributed by atoms with van der Waals surface area (Å²) >= 11 is 1.86. The third-order valence-electron chi connectivity index (χ3n) is 7.28. The molecule has 0 radical (unpaired) electrons. The normalized spacial score (nSPS) is 12.9. The number of hydrogen-bond acceptors (Lipinski definition) is 4. The minimum Gasteiger partial charge on any atom is -0.361 e. The van der Waals surface area contributed by atoms with Crippen molar-refractivity contribution in [2.24, 2.45) is 7.05 Å². The Bertz CT molecular complexity index is 1360. The molecule has 0 aliphatic carbocycles. The molecule has 0 amide bonds. The largest absolute Gasteiger partial charge is 0.361 e. The van der Waals surface area contributed by atoms with Gasteiger partial charge in [0.25, 0.3) is 0 Å². The average Bonchev–Trinajstić information content (AvgIpc) is 3.50. The van der Waals surface area contributed by atoms with Gasteiger partial charge < -0.3 is 9.09 Å². The zero-order chi connectivity index (χ0) is 27.2. The predicted octanol–water partition coefficient (Wildman–Crippen LogP) is 8.35. The fourth-order valence-electron chi connectivity index (χ4n) is 5.53. The highest BCUT2D eigenvalue weighted by Crippen LogP contribution is 2.40. The van der Waals surface area contributed by atoms with Crippen molar-refractivity contribution < 1.29 is 4.52 Å². The summed E-state index contributed by atoms with van der Waals surface area (Å²) in [6.45, 7) is 20.5. The first-order valence-corrected chi connectivity index (χ1v) is 14.1. The Morgan fingerprint density at radius 2 is 1.65 bits per heavy atom. The van der Waals surface area contributed by atoms with Crippen molar-refractivity contribution >= 4 is 11.3 Å². The van der Waals surface area contributed by atoms with Crippen LogP contribution in [0.5, 0.6) is 0 Å². The topological polar surface area (TPSA) is 43.9 Å². The lowest BCUT2D eigenvalue weighted by Gasteiger charge is -2.27. The van der Waals surface area contributed by atoms with E-state index in [9.17, 15) is 0 Å². The molecule has 0 saturated heterocycles. The molecule has 0 spiro atoms. The molecule has 0 aromatic carbocycles. The second-order valence-electron chi connectivity index (χ2n) is 13.1. The molecular formula is C32H43N3OS. The van der Waals surface area contributed by atoms with Crippen LogP contribution in [0.15, 0.2) is 47.2 Å². The molecule has 4 aromatic heterocycles. The molecule has 0 N–H and O–H groups in total. The van der Waals surface area contributed by atoms with E-state index in [1.54, 1.807) is 0 Å². The maximum absolute atomic E-state index is 5.83. The number of aromatic nitrogens is 3. The van der Waals surface area contributed by atoms with Crippen LogP contribution in [0.4, 0.5) is 0 Å². The summed E-state index contributed by atoms with van der Waals surface area (Å²) in [6, 6.07) is 10.6. The zero-order valence-corrected chi connectivity index (χ0v) is 25.1. The highest BCUT2D eigenvalue weighted by molar-refractivity contribution is 7.15. The summed E-state index contributed by atoms with van der Waals surface area (Å²) in [5.74, 6) is 1.01. The van der Waals surface area contributed by atoms with Crippen LogP contribution in [0.25, 0.3) is 10.6 Å². The van der Waals surface area contributed by atoms with Gasteiger partial charge in [0, 0.05) is 52.8 Å². The van der Waals surface area contributed by atoms with Crippen LogP contribution >= 0.6 is 11.3 Å². The fraction of sp³-hybridized carbons (Fsp3) is 0.500. The molecule has 5 heteroatoms. The van der Waals surface area contributed by atoms with Crippen molar-refractivity contribution in [2.75, 3.05) is 0 Å². The summed E-state index contributed by atoms with van der Waals surface area (Å²) < 4.78 is 8.17. The molecule has 0 fully saturated rings. The lowest BCUT2D eigenvalue weighted by Crippen LogP contribution is -2.22. The first-order chi connectivity index (χ1) is 17.2. The molecule has 37 heavy (non-hydrogen) atoms. The van der Waals surface area contributed by atoms with Crippen LogP contribution < -0.4 is 0 Å². The molecular weight excluding hydrogens is 474 g/mol. The van der Waals surface area contributed by atoms with E-state index in [1.165, 1.54) is 32.1 Å². The molecule has 0 aliphatic heterocycles. The molecule has 198 valence electrons. The highest BCUT2D eigenvalue weighted by atomic mass is 32.1. The first-order valence-electron chi connectivity index (χ1n) is 13.3. The van der Waals surface area contributed by atoms with Crippen molar-refractivity contribution in [3.8, 4) is 10.6 Å². The molecule has 4 heterocycles. The van der Waals surface area contributed by atoms with Gasteiger partial charge in [-0.25, -0.2) is 0 Å². The monoisotopic (exact) mass is 517 g/mol.